The summed E-state index contributed by atoms with van der Waals surface area (Å²) in [6.07, 6.45) is 2.36. The molecule has 1 aliphatic rings. The Hall–Kier alpha value is -3.59. The van der Waals surface area contributed by atoms with E-state index in [9.17, 15) is 9.59 Å². The molecule has 0 aliphatic carbocycles. The van der Waals surface area contributed by atoms with Crippen molar-refractivity contribution in [2.24, 2.45) is 0 Å². The monoisotopic (exact) mass is 378 g/mol. The van der Waals surface area contributed by atoms with Gasteiger partial charge in [0, 0.05) is 18.0 Å². The van der Waals surface area contributed by atoms with Crippen molar-refractivity contribution < 1.29 is 14.3 Å². The number of carbonyl (C=O) groups is 2. The van der Waals surface area contributed by atoms with Crippen LogP contribution in [-0.4, -0.2) is 44.7 Å². The number of amides is 2. The second-order valence-electron chi connectivity index (χ2n) is 6.25. The predicted molar refractivity (Wildman–Crippen MR) is 98.5 cm³/mol. The van der Waals surface area contributed by atoms with Gasteiger partial charge in [0.2, 0.25) is 5.91 Å². The summed E-state index contributed by atoms with van der Waals surface area (Å²) in [4.78, 5) is 32.8. The van der Waals surface area contributed by atoms with Crippen LogP contribution in [0.3, 0.4) is 0 Å². The molecule has 0 saturated carbocycles. The van der Waals surface area contributed by atoms with Gasteiger partial charge < -0.3 is 15.4 Å². The molecular weight excluding hydrogens is 360 g/mol. The average Bonchev–Trinajstić information content (AvgIpc) is 3.22. The summed E-state index contributed by atoms with van der Waals surface area (Å²) in [6, 6.07) is 12.5. The number of hydrogen-bond donors (Lipinski definition) is 3. The van der Waals surface area contributed by atoms with Crippen LogP contribution in [0.1, 0.15) is 17.4 Å². The Bertz CT molecular complexity index is 960. The Morgan fingerprint density at radius 3 is 2.86 bits per heavy atom. The second kappa shape index (κ2) is 7.97. The van der Waals surface area contributed by atoms with Crippen LogP contribution in [0.15, 0.2) is 54.9 Å². The molecule has 9 heteroatoms. The molecule has 1 aliphatic heterocycles. The van der Waals surface area contributed by atoms with E-state index < -0.39 is 12.1 Å². The number of morpholine rings is 1. The second-order valence-corrected chi connectivity index (χ2v) is 6.25. The summed E-state index contributed by atoms with van der Waals surface area (Å²) < 4.78 is 5.48. The highest BCUT2D eigenvalue weighted by atomic mass is 16.5. The van der Waals surface area contributed by atoms with Crippen molar-refractivity contribution in [1.29, 1.82) is 0 Å². The van der Waals surface area contributed by atoms with Gasteiger partial charge in [-0.2, -0.15) is 5.10 Å². The van der Waals surface area contributed by atoms with Crippen molar-refractivity contribution in [3.63, 3.8) is 0 Å². The zero-order valence-corrected chi connectivity index (χ0v) is 14.8. The summed E-state index contributed by atoms with van der Waals surface area (Å²) in [6.45, 7) is -0.0124. The van der Waals surface area contributed by atoms with E-state index in [1.54, 1.807) is 24.5 Å². The minimum absolute atomic E-state index is 0.159. The van der Waals surface area contributed by atoms with Crippen molar-refractivity contribution in [3.8, 4) is 11.4 Å². The fourth-order valence-electron chi connectivity index (χ4n) is 2.96. The Labute approximate surface area is 160 Å². The van der Waals surface area contributed by atoms with Crippen LogP contribution in [0, 0.1) is 0 Å². The summed E-state index contributed by atoms with van der Waals surface area (Å²) in [7, 11) is 0. The lowest BCUT2D eigenvalue weighted by molar-refractivity contribution is -0.148. The van der Waals surface area contributed by atoms with Gasteiger partial charge in [-0.3, -0.25) is 19.7 Å². The van der Waals surface area contributed by atoms with E-state index in [1.807, 2.05) is 30.3 Å². The molecule has 3 N–H and O–H groups in total. The van der Waals surface area contributed by atoms with E-state index in [4.69, 9.17) is 4.74 Å². The zero-order chi connectivity index (χ0) is 19.3. The number of H-pyrrole nitrogens is 1. The molecule has 28 heavy (non-hydrogen) atoms. The number of pyridine rings is 1. The molecule has 4 rings (SSSR count). The number of aromatic nitrogens is 4. The highest BCUT2D eigenvalue weighted by Crippen LogP contribution is 2.22. The van der Waals surface area contributed by atoms with Gasteiger partial charge in [-0.1, -0.05) is 36.4 Å². The van der Waals surface area contributed by atoms with Crippen LogP contribution < -0.4 is 10.6 Å². The maximum Gasteiger partial charge on any atom is 0.252 e. The molecule has 1 aromatic carbocycles. The average molecular weight is 378 g/mol. The molecule has 2 amide bonds. The highest BCUT2D eigenvalue weighted by Gasteiger charge is 2.36. The molecule has 0 bridgehead atoms. The normalized spacial score (nSPS) is 19.1. The lowest BCUT2D eigenvalue weighted by Crippen LogP contribution is -2.52. The molecule has 2 aromatic heterocycles. The maximum atomic E-state index is 12.7. The van der Waals surface area contributed by atoms with Crippen LogP contribution in [-0.2, 0) is 20.9 Å². The number of nitrogens with zero attached hydrogens (tertiary/aromatic N) is 3. The SMILES string of the molecule is O=C1CO[C@H](C(=O)NCc2nc(-c3ccccc3)n[nH]2)[C@@H](c2cccnc2)N1. The summed E-state index contributed by atoms with van der Waals surface area (Å²) in [5, 5.41) is 12.5. The molecule has 2 atom stereocenters. The van der Waals surface area contributed by atoms with Gasteiger partial charge in [0.15, 0.2) is 11.9 Å². The van der Waals surface area contributed by atoms with E-state index in [0.29, 0.717) is 17.2 Å². The van der Waals surface area contributed by atoms with Crippen molar-refractivity contribution in [1.82, 2.24) is 30.8 Å². The molecule has 1 fully saturated rings. The van der Waals surface area contributed by atoms with Gasteiger partial charge in [0.05, 0.1) is 12.6 Å². The third-order valence-corrected chi connectivity index (χ3v) is 4.31. The maximum absolute atomic E-state index is 12.7. The number of hydrogen-bond acceptors (Lipinski definition) is 6. The van der Waals surface area contributed by atoms with E-state index in [2.05, 4.69) is 30.8 Å². The minimum atomic E-state index is -0.863. The molecular formula is C19H18N6O3. The predicted octanol–water partition coefficient (Wildman–Crippen LogP) is 0.739. The van der Waals surface area contributed by atoms with Gasteiger partial charge in [-0.05, 0) is 11.6 Å². The van der Waals surface area contributed by atoms with Gasteiger partial charge in [-0.25, -0.2) is 4.98 Å². The van der Waals surface area contributed by atoms with E-state index in [1.165, 1.54) is 0 Å². The highest BCUT2D eigenvalue weighted by molar-refractivity contribution is 5.86. The number of benzene rings is 1. The molecule has 9 nitrogen and oxygen atoms in total. The fourth-order valence-corrected chi connectivity index (χ4v) is 2.96. The Kier molecular flexibility index (Phi) is 5.07. The molecule has 0 spiro atoms. The van der Waals surface area contributed by atoms with E-state index in [0.717, 1.165) is 5.56 Å². The summed E-state index contributed by atoms with van der Waals surface area (Å²) in [5.41, 5.74) is 1.58. The number of rotatable bonds is 5. The Morgan fingerprint density at radius 2 is 2.07 bits per heavy atom. The molecule has 1 saturated heterocycles. The van der Waals surface area contributed by atoms with Gasteiger partial charge in [0.1, 0.15) is 12.4 Å². The van der Waals surface area contributed by atoms with Crippen LogP contribution in [0.5, 0.6) is 0 Å². The van der Waals surface area contributed by atoms with E-state index in [-0.39, 0.29) is 25.0 Å². The minimum Gasteiger partial charge on any atom is -0.356 e. The summed E-state index contributed by atoms with van der Waals surface area (Å²) in [5.74, 6) is 0.441. The largest absolute Gasteiger partial charge is 0.356 e. The first-order valence-corrected chi connectivity index (χ1v) is 8.76. The van der Waals surface area contributed by atoms with Crippen LogP contribution in [0.2, 0.25) is 0 Å². The zero-order valence-electron chi connectivity index (χ0n) is 14.8. The standard InChI is InChI=1S/C19H18N6O3/c26-15-11-28-17(16(23-15)13-7-4-8-20-9-13)19(27)21-10-14-22-18(25-24-14)12-5-2-1-3-6-12/h1-9,16-17H,10-11H2,(H,21,27)(H,23,26)(H,22,24,25)/t16-,17+/m1/s1. The van der Waals surface area contributed by atoms with Gasteiger partial charge >= 0.3 is 0 Å². The first-order valence-electron chi connectivity index (χ1n) is 8.76. The first kappa shape index (κ1) is 17.8. The molecule has 0 radical (unpaired) electrons. The topological polar surface area (TPSA) is 122 Å². The number of nitrogens with one attached hydrogen (secondary N) is 3. The van der Waals surface area contributed by atoms with Crippen molar-refractivity contribution in [3.05, 3.63) is 66.2 Å². The third kappa shape index (κ3) is 3.89. The lowest BCUT2D eigenvalue weighted by atomic mass is 10.0. The quantitative estimate of drug-likeness (QED) is 0.602. The van der Waals surface area contributed by atoms with E-state index >= 15 is 0 Å². The Balaban J connectivity index is 1.43. The molecule has 0 unspecified atom stereocenters. The van der Waals surface area contributed by atoms with Crippen molar-refractivity contribution in [2.45, 2.75) is 18.7 Å². The van der Waals surface area contributed by atoms with Crippen molar-refractivity contribution in [2.75, 3.05) is 6.61 Å². The fraction of sp³-hybridized carbons (Fsp3) is 0.211. The lowest BCUT2D eigenvalue weighted by Gasteiger charge is -2.31. The van der Waals surface area contributed by atoms with Crippen LogP contribution in [0.25, 0.3) is 11.4 Å². The number of aromatic amines is 1. The van der Waals surface area contributed by atoms with Crippen LogP contribution in [0.4, 0.5) is 0 Å². The number of carbonyl (C=O) groups excluding carboxylic acids is 2. The van der Waals surface area contributed by atoms with Gasteiger partial charge in [-0.15, -0.1) is 0 Å². The Morgan fingerprint density at radius 1 is 1.21 bits per heavy atom. The summed E-state index contributed by atoms with van der Waals surface area (Å²) >= 11 is 0. The van der Waals surface area contributed by atoms with Gasteiger partial charge in [0.25, 0.3) is 5.91 Å². The van der Waals surface area contributed by atoms with Crippen LogP contribution >= 0.6 is 0 Å². The first-order chi connectivity index (χ1) is 13.7. The molecule has 3 aromatic rings. The number of ether oxygens (including phenoxy) is 1. The molecule has 142 valence electrons. The third-order valence-electron chi connectivity index (χ3n) is 4.31. The molecule has 3 heterocycles. The smallest absolute Gasteiger partial charge is 0.252 e. The van der Waals surface area contributed by atoms with Crippen molar-refractivity contribution >= 4 is 11.8 Å².